The van der Waals surface area contributed by atoms with Crippen molar-refractivity contribution >= 4 is 5.69 Å². The molecule has 3 rings (SSSR count). The maximum Gasteiger partial charge on any atom is 0.142 e. The minimum atomic E-state index is -0.510. The lowest BCUT2D eigenvalue weighted by Gasteiger charge is -2.38. The number of anilines is 1. The molecule has 1 aromatic carbocycles. The summed E-state index contributed by atoms with van der Waals surface area (Å²) in [5.41, 5.74) is 6.43. The van der Waals surface area contributed by atoms with Crippen LogP contribution in [-0.4, -0.2) is 54.6 Å². The molecule has 1 saturated carbocycles. The van der Waals surface area contributed by atoms with Gasteiger partial charge in [0.2, 0.25) is 0 Å². The number of benzene rings is 1. The molecule has 0 radical (unpaired) electrons. The molecular formula is C16H24N2O3. The number of morpholine rings is 1. The Hall–Kier alpha value is -1.30. The number of rotatable bonds is 5. The molecule has 5 heteroatoms. The second-order valence-corrected chi connectivity index (χ2v) is 5.91. The third-order valence-corrected chi connectivity index (χ3v) is 4.39. The first-order chi connectivity index (χ1) is 10.2. The van der Waals surface area contributed by atoms with Crippen molar-refractivity contribution in [2.24, 2.45) is 0 Å². The van der Waals surface area contributed by atoms with Gasteiger partial charge in [-0.05, 0) is 31.4 Å². The van der Waals surface area contributed by atoms with E-state index in [2.05, 4.69) is 4.90 Å². The van der Waals surface area contributed by atoms with Crippen molar-refractivity contribution in [1.29, 1.82) is 0 Å². The van der Waals surface area contributed by atoms with Crippen LogP contribution >= 0.6 is 0 Å². The molecule has 21 heavy (non-hydrogen) atoms. The number of hydrogen-bond donors (Lipinski definition) is 2. The van der Waals surface area contributed by atoms with E-state index in [-0.39, 0.29) is 6.61 Å². The molecule has 1 saturated heterocycles. The highest BCUT2D eigenvalue weighted by atomic mass is 16.5. The van der Waals surface area contributed by atoms with Crippen LogP contribution in [0.2, 0.25) is 0 Å². The van der Waals surface area contributed by atoms with Crippen LogP contribution in [0.25, 0.3) is 0 Å². The molecule has 5 nitrogen and oxygen atoms in total. The highest BCUT2D eigenvalue weighted by Crippen LogP contribution is 2.29. The van der Waals surface area contributed by atoms with Gasteiger partial charge in [-0.3, -0.25) is 4.90 Å². The first-order valence-corrected chi connectivity index (χ1v) is 7.75. The number of β-amino-alcohol motifs (C(OH)–C–C–N with tert-alkyl or cyclic N) is 1. The van der Waals surface area contributed by atoms with Gasteiger partial charge in [0.1, 0.15) is 18.5 Å². The Kier molecular flexibility index (Phi) is 4.63. The molecule has 0 amide bonds. The average Bonchev–Trinajstić information content (AvgIpc) is 2.96. The van der Waals surface area contributed by atoms with Crippen molar-refractivity contribution in [3.05, 3.63) is 24.3 Å². The molecule has 0 aromatic heterocycles. The van der Waals surface area contributed by atoms with Gasteiger partial charge in [-0.25, -0.2) is 0 Å². The molecule has 3 atom stereocenters. The number of hydrogen-bond acceptors (Lipinski definition) is 5. The lowest BCUT2D eigenvalue weighted by atomic mass is 10.1. The van der Waals surface area contributed by atoms with E-state index in [1.54, 1.807) is 6.07 Å². The van der Waals surface area contributed by atoms with Crippen LogP contribution in [0.4, 0.5) is 5.69 Å². The zero-order valence-corrected chi connectivity index (χ0v) is 12.3. The molecule has 1 aromatic rings. The van der Waals surface area contributed by atoms with Crippen LogP contribution in [0.1, 0.15) is 19.3 Å². The number of para-hydroxylation sites is 2. The molecule has 0 bridgehead atoms. The Labute approximate surface area is 125 Å². The third-order valence-electron chi connectivity index (χ3n) is 4.39. The van der Waals surface area contributed by atoms with Crippen molar-refractivity contribution in [2.75, 3.05) is 32.0 Å². The molecule has 2 aliphatic rings. The fraction of sp³-hybridized carbons (Fsp3) is 0.625. The van der Waals surface area contributed by atoms with Gasteiger partial charge in [0.05, 0.1) is 18.4 Å². The Morgan fingerprint density at radius 2 is 2.24 bits per heavy atom. The van der Waals surface area contributed by atoms with Crippen molar-refractivity contribution < 1.29 is 14.6 Å². The van der Waals surface area contributed by atoms with Crippen molar-refractivity contribution in [1.82, 2.24) is 4.90 Å². The summed E-state index contributed by atoms with van der Waals surface area (Å²) in [4.78, 5) is 2.35. The van der Waals surface area contributed by atoms with Gasteiger partial charge in [-0.1, -0.05) is 12.1 Å². The van der Waals surface area contributed by atoms with Gasteiger partial charge in [0.25, 0.3) is 0 Å². The Morgan fingerprint density at radius 3 is 3.10 bits per heavy atom. The first kappa shape index (κ1) is 14.6. The molecule has 116 valence electrons. The maximum absolute atomic E-state index is 10.2. The van der Waals surface area contributed by atoms with E-state index in [0.717, 1.165) is 19.6 Å². The van der Waals surface area contributed by atoms with Crippen LogP contribution in [-0.2, 0) is 4.74 Å². The average molecular weight is 292 g/mol. The van der Waals surface area contributed by atoms with E-state index < -0.39 is 6.10 Å². The summed E-state index contributed by atoms with van der Waals surface area (Å²) in [6.45, 7) is 2.56. The van der Waals surface area contributed by atoms with E-state index in [0.29, 0.717) is 30.1 Å². The normalized spacial score (nSPS) is 27.3. The van der Waals surface area contributed by atoms with E-state index in [4.69, 9.17) is 15.2 Å². The van der Waals surface area contributed by atoms with Crippen LogP contribution in [0.3, 0.4) is 0 Å². The fourth-order valence-electron chi connectivity index (χ4n) is 3.35. The summed E-state index contributed by atoms with van der Waals surface area (Å²) in [6, 6.07) is 7.84. The number of aliphatic hydroxyl groups excluding tert-OH is 1. The fourth-order valence-corrected chi connectivity index (χ4v) is 3.35. The predicted octanol–water partition coefficient (Wildman–Crippen LogP) is 1.26. The van der Waals surface area contributed by atoms with Gasteiger partial charge in [-0.2, -0.15) is 0 Å². The summed E-state index contributed by atoms with van der Waals surface area (Å²) in [5.74, 6) is 0.636. The number of nitrogen functional groups attached to an aromatic ring is 1. The number of fused-ring (bicyclic) bond motifs is 1. The summed E-state index contributed by atoms with van der Waals surface area (Å²) in [6.07, 6.45) is 3.39. The third kappa shape index (κ3) is 3.48. The quantitative estimate of drug-likeness (QED) is 0.800. The molecular weight excluding hydrogens is 268 g/mol. The zero-order valence-electron chi connectivity index (χ0n) is 12.3. The molecule has 3 unspecified atom stereocenters. The maximum atomic E-state index is 10.2. The topological polar surface area (TPSA) is 68.0 Å². The van der Waals surface area contributed by atoms with Crippen LogP contribution in [0.15, 0.2) is 24.3 Å². The summed E-state index contributed by atoms with van der Waals surface area (Å²) in [7, 11) is 0. The standard InChI is InChI=1S/C16H24N2O3/c17-13-4-1-2-6-15(13)21-11-12(19)10-18-8-9-20-16-7-3-5-14(16)18/h1-2,4,6,12,14,16,19H,3,5,7-11,17H2. The monoisotopic (exact) mass is 292 g/mol. The van der Waals surface area contributed by atoms with Crippen LogP contribution < -0.4 is 10.5 Å². The van der Waals surface area contributed by atoms with Crippen molar-refractivity contribution in [3.8, 4) is 5.75 Å². The van der Waals surface area contributed by atoms with Gasteiger partial charge in [0.15, 0.2) is 0 Å². The molecule has 0 spiro atoms. The summed E-state index contributed by atoms with van der Waals surface area (Å²) in [5, 5.41) is 10.2. The lowest BCUT2D eigenvalue weighted by molar-refractivity contribution is -0.0703. The van der Waals surface area contributed by atoms with Gasteiger partial charge >= 0.3 is 0 Å². The van der Waals surface area contributed by atoms with Gasteiger partial charge in [-0.15, -0.1) is 0 Å². The largest absolute Gasteiger partial charge is 0.489 e. The summed E-state index contributed by atoms with van der Waals surface area (Å²) < 4.78 is 11.4. The Balaban J connectivity index is 1.50. The van der Waals surface area contributed by atoms with Gasteiger partial charge in [0, 0.05) is 19.1 Å². The molecule has 1 aliphatic heterocycles. The Bertz CT molecular complexity index is 469. The number of aliphatic hydroxyl groups is 1. The Morgan fingerprint density at radius 1 is 1.38 bits per heavy atom. The number of ether oxygens (including phenoxy) is 2. The van der Waals surface area contributed by atoms with E-state index in [9.17, 15) is 5.11 Å². The lowest BCUT2D eigenvalue weighted by Crippen LogP contribution is -2.51. The predicted molar refractivity (Wildman–Crippen MR) is 81.3 cm³/mol. The second kappa shape index (κ2) is 6.64. The highest BCUT2D eigenvalue weighted by molar-refractivity contribution is 5.51. The van der Waals surface area contributed by atoms with E-state index >= 15 is 0 Å². The molecule has 1 aliphatic carbocycles. The van der Waals surface area contributed by atoms with Crippen LogP contribution in [0.5, 0.6) is 5.75 Å². The number of nitrogens with zero attached hydrogens (tertiary/aromatic N) is 1. The first-order valence-electron chi connectivity index (χ1n) is 7.75. The molecule has 3 N–H and O–H groups in total. The minimum absolute atomic E-state index is 0.267. The molecule has 1 heterocycles. The summed E-state index contributed by atoms with van der Waals surface area (Å²) >= 11 is 0. The van der Waals surface area contributed by atoms with Crippen molar-refractivity contribution in [2.45, 2.75) is 37.5 Å². The smallest absolute Gasteiger partial charge is 0.142 e. The highest BCUT2D eigenvalue weighted by Gasteiger charge is 2.36. The van der Waals surface area contributed by atoms with E-state index in [1.807, 2.05) is 18.2 Å². The van der Waals surface area contributed by atoms with E-state index in [1.165, 1.54) is 12.8 Å². The SMILES string of the molecule is Nc1ccccc1OCC(O)CN1CCOC2CCCC21. The minimum Gasteiger partial charge on any atom is -0.489 e. The second-order valence-electron chi connectivity index (χ2n) is 5.91. The zero-order chi connectivity index (χ0) is 14.7. The number of nitrogens with two attached hydrogens (primary N) is 1. The van der Waals surface area contributed by atoms with Gasteiger partial charge < -0.3 is 20.3 Å². The van der Waals surface area contributed by atoms with Crippen molar-refractivity contribution in [3.63, 3.8) is 0 Å². The van der Waals surface area contributed by atoms with Crippen LogP contribution in [0, 0.1) is 0 Å². The molecule has 2 fully saturated rings.